The van der Waals surface area contributed by atoms with Gasteiger partial charge in [0.15, 0.2) is 6.61 Å². The van der Waals surface area contributed by atoms with E-state index in [0.29, 0.717) is 0 Å². The van der Waals surface area contributed by atoms with Crippen LogP contribution >= 0.6 is 0 Å². The molecule has 0 bridgehead atoms. The molecule has 1 aliphatic heterocycles. The summed E-state index contributed by atoms with van der Waals surface area (Å²) in [5, 5.41) is 11.8. The maximum absolute atomic E-state index is 12.7. The summed E-state index contributed by atoms with van der Waals surface area (Å²) >= 11 is 0. The van der Waals surface area contributed by atoms with Gasteiger partial charge >= 0.3 is 5.97 Å². The van der Waals surface area contributed by atoms with Crippen LogP contribution in [-0.4, -0.2) is 45.2 Å². The molecule has 25 heavy (non-hydrogen) atoms. The second-order valence-corrected chi connectivity index (χ2v) is 7.66. The molecule has 0 saturated heterocycles. The van der Waals surface area contributed by atoms with E-state index in [-0.39, 0.29) is 46.9 Å². The van der Waals surface area contributed by atoms with Crippen molar-refractivity contribution in [2.24, 2.45) is 5.92 Å². The highest BCUT2D eigenvalue weighted by molar-refractivity contribution is 7.89. The zero-order valence-electron chi connectivity index (χ0n) is 14.0. The molecule has 0 radical (unpaired) electrons. The van der Waals surface area contributed by atoms with Crippen LogP contribution in [-0.2, 0) is 19.6 Å². The van der Waals surface area contributed by atoms with Crippen molar-refractivity contribution in [3.8, 4) is 11.5 Å². The van der Waals surface area contributed by atoms with Crippen molar-refractivity contribution in [2.75, 3.05) is 19.0 Å². The van der Waals surface area contributed by atoms with Crippen LogP contribution in [0, 0.1) is 5.92 Å². The van der Waals surface area contributed by atoms with Crippen LogP contribution in [0.3, 0.4) is 0 Å². The van der Waals surface area contributed by atoms with Crippen molar-refractivity contribution in [2.45, 2.75) is 31.2 Å². The van der Waals surface area contributed by atoms with E-state index in [1.54, 1.807) is 13.8 Å². The fourth-order valence-corrected chi connectivity index (χ4v) is 3.75. The lowest BCUT2D eigenvalue weighted by Gasteiger charge is -2.22. The Morgan fingerprint density at radius 3 is 2.68 bits per heavy atom. The summed E-state index contributed by atoms with van der Waals surface area (Å²) in [5.74, 6) is -1.53. The molecule has 2 rings (SSSR count). The predicted molar refractivity (Wildman–Crippen MR) is 88.3 cm³/mol. The van der Waals surface area contributed by atoms with Gasteiger partial charge in [-0.25, -0.2) is 8.42 Å². The number of hydrogen-bond donors (Lipinski definition) is 3. The standard InChI is InChI=1S/C15H20N2O7S/c1-8(2)4-10(15(19)20)17-25(21,22)13-6-11-9(5-12(13)23-3)16-14(18)7-24-11/h5-6,8,10,17H,4,7H2,1-3H3,(H,16,18)(H,19,20). The van der Waals surface area contributed by atoms with Gasteiger partial charge in [0.25, 0.3) is 5.91 Å². The summed E-state index contributed by atoms with van der Waals surface area (Å²) in [6.45, 7) is 3.35. The van der Waals surface area contributed by atoms with Gasteiger partial charge in [-0.05, 0) is 12.3 Å². The average Bonchev–Trinajstić information content (AvgIpc) is 2.52. The first-order valence-electron chi connectivity index (χ1n) is 7.54. The number of anilines is 1. The molecule has 0 aromatic heterocycles. The number of amides is 1. The van der Waals surface area contributed by atoms with Gasteiger partial charge in [-0.3, -0.25) is 9.59 Å². The highest BCUT2D eigenvalue weighted by Crippen LogP contribution is 2.37. The van der Waals surface area contributed by atoms with Crippen molar-refractivity contribution in [1.29, 1.82) is 0 Å². The Kier molecular flexibility index (Phi) is 5.53. The Morgan fingerprint density at radius 2 is 2.12 bits per heavy atom. The number of hydrogen-bond acceptors (Lipinski definition) is 6. The molecule has 0 saturated carbocycles. The number of carboxylic acid groups (broad SMARTS) is 1. The summed E-state index contributed by atoms with van der Waals surface area (Å²) in [7, 11) is -2.92. The molecule has 1 amide bonds. The van der Waals surface area contributed by atoms with Crippen molar-refractivity contribution < 1.29 is 32.6 Å². The number of carbonyl (C=O) groups is 2. The molecule has 1 aromatic carbocycles. The van der Waals surface area contributed by atoms with Crippen LogP contribution in [0.25, 0.3) is 0 Å². The maximum Gasteiger partial charge on any atom is 0.321 e. The van der Waals surface area contributed by atoms with Crippen LogP contribution in [0.5, 0.6) is 11.5 Å². The summed E-state index contributed by atoms with van der Waals surface area (Å²) in [4.78, 5) is 22.4. The molecule has 3 N–H and O–H groups in total. The minimum absolute atomic E-state index is 0.0206. The first kappa shape index (κ1) is 19.0. The number of sulfonamides is 1. The molecule has 0 spiro atoms. The van der Waals surface area contributed by atoms with Gasteiger partial charge in [-0.1, -0.05) is 13.8 Å². The van der Waals surface area contributed by atoms with Gasteiger partial charge < -0.3 is 19.9 Å². The van der Waals surface area contributed by atoms with Crippen LogP contribution in [0.2, 0.25) is 0 Å². The molecule has 138 valence electrons. The number of methoxy groups -OCH3 is 1. The van der Waals surface area contributed by atoms with E-state index >= 15 is 0 Å². The Balaban J connectivity index is 2.41. The molecule has 1 heterocycles. The maximum atomic E-state index is 12.7. The van der Waals surface area contributed by atoms with Gasteiger partial charge in [0.05, 0.1) is 12.8 Å². The average molecular weight is 372 g/mol. The number of carboxylic acids is 1. The number of aliphatic carboxylic acids is 1. The minimum atomic E-state index is -4.19. The fraction of sp³-hybridized carbons (Fsp3) is 0.467. The quantitative estimate of drug-likeness (QED) is 0.645. The molecule has 1 atom stereocenters. The third-order valence-corrected chi connectivity index (χ3v) is 4.98. The first-order chi connectivity index (χ1) is 11.6. The van der Waals surface area contributed by atoms with Crippen molar-refractivity contribution >= 4 is 27.6 Å². The smallest absolute Gasteiger partial charge is 0.321 e. The van der Waals surface area contributed by atoms with Gasteiger partial charge in [0.1, 0.15) is 22.4 Å². The summed E-state index contributed by atoms with van der Waals surface area (Å²) in [6, 6.07) is 1.25. The van der Waals surface area contributed by atoms with E-state index in [1.165, 1.54) is 19.2 Å². The summed E-state index contributed by atoms with van der Waals surface area (Å²) in [5.41, 5.74) is 0.281. The normalized spacial score (nSPS) is 15.1. The number of rotatable bonds is 7. The molecular weight excluding hydrogens is 352 g/mol. The largest absolute Gasteiger partial charge is 0.495 e. The van der Waals surface area contributed by atoms with E-state index in [0.717, 1.165) is 0 Å². The van der Waals surface area contributed by atoms with E-state index in [2.05, 4.69) is 10.0 Å². The van der Waals surface area contributed by atoms with Crippen LogP contribution in [0.1, 0.15) is 20.3 Å². The molecular formula is C15H20N2O7S. The number of nitrogens with one attached hydrogen (secondary N) is 2. The Labute approximate surface area is 145 Å². The highest BCUT2D eigenvalue weighted by Gasteiger charge is 2.30. The number of carbonyl (C=O) groups excluding carboxylic acids is 1. The molecule has 10 heteroatoms. The molecule has 1 aliphatic rings. The lowest BCUT2D eigenvalue weighted by Crippen LogP contribution is -2.41. The van der Waals surface area contributed by atoms with Gasteiger partial charge in [0.2, 0.25) is 10.0 Å². The van der Waals surface area contributed by atoms with Crippen molar-refractivity contribution in [3.63, 3.8) is 0 Å². The Morgan fingerprint density at radius 1 is 1.44 bits per heavy atom. The van der Waals surface area contributed by atoms with Gasteiger partial charge in [-0.2, -0.15) is 4.72 Å². The Hall–Kier alpha value is -2.33. The zero-order valence-corrected chi connectivity index (χ0v) is 14.8. The second-order valence-electron chi connectivity index (χ2n) is 5.98. The van der Waals surface area contributed by atoms with Gasteiger partial charge in [-0.15, -0.1) is 0 Å². The molecule has 0 fully saturated rings. The first-order valence-corrected chi connectivity index (χ1v) is 9.02. The topological polar surface area (TPSA) is 131 Å². The monoisotopic (exact) mass is 372 g/mol. The van der Waals surface area contributed by atoms with E-state index < -0.39 is 22.0 Å². The Bertz CT molecular complexity index is 789. The lowest BCUT2D eigenvalue weighted by atomic mass is 10.1. The molecule has 1 aromatic rings. The van der Waals surface area contributed by atoms with Crippen LogP contribution < -0.4 is 19.5 Å². The van der Waals surface area contributed by atoms with Crippen molar-refractivity contribution in [1.82, 2.24) is 4.72 Å². The van der Waals surface area contributed by atoms with E-state index in [4.69, 9.17) is 9.47 Å². The van der Waals surface area contributed by atoms with E-state index in [1.807, 2.05) is 0 Å². The third-order valence-electron chi connectivity index (χ3n) is 3.49. The molecule has 1 unspecified atom stereocenters. The molecule has 0 aliphatic carbocycles. The minimum Gasteiger partial charge on any atom is -0.495 e. The summed E-state index contributed by atoms with van der Waals surface area (Å²) in [6.07, 6.45) is 0.133. The third kappa shape index (κ3) is 4.40. The SMILES string of the molecule is COc1cc2c(cc1S(=O)(=O)NC(CC(C)C)C(=O)O)OCC(=O)N2. The molecule has 9 nitrogen and oxygen atoms in total. The predicted octanol–water partition coefficient (Wildman–Crippen LogP) is 0.804. The van der Waals surface area contributed by atoms with Crippen molar-refractivity contribution in [3.05, 3.63) is 12.1 Å². The zero-order chi connectivity index (χ0) is 18.8. The number of benzene rings is 1. The summed E-state index contributed by atoms with van der Waals surface area (Å²) < 4.78 is 37.8. The lowest BCUT2D eigenvalue weighted by molar-refractivity contribution is -0.139. The second kappa shape index (κ2) is 7.28. The van der Waals surface area contributed by atoms with Crippen LogP contribution in [0.15, 0.2) is 17.0 Å². The fourth-order valence-electron chi connectivity index (χ4n) is 2.38. The van der Waals surface area contributed by atoms with Gasteiger partial charge in [0, 0.05) is 12.1 Å². The number of ether oxygens (including phenoxy) is 2. The highest BCUT2D eigenvalue weighted by atomic mass is 32.2. The number of fused-ring (bicyclic) bond motifs is 1. The van der Waals surface area contributed by atoms with E-state index in [9.17, 15) is 23.1 Å². The van der Waals surface area contributed by atoms with Crippen LogP contribution in [0.4, 0.5) is 5.69 Å².